The first-order valence-corrected chi connectivity index (χ1v) is 13.2. The molecule has 2 unspecified atom stereocenters. The third kappa shape index (κ3) is 5.18. The highest BCUT2D eigenvalue weighted by molar-refractivity contribution is 5.61. The lowest BCUT2D eigenvalue weighted by Crippen LogP contribution is -2.01. The van der Waals surface area contributed by atoms with E-state index in [2.05, 4.69) is 12.1 Å². The lowest BCUT2D eigenvalue weighted by atomic mass is 9.95. The van der Waals surface area contributed by atoms with Crippen LogP contribution < -0.4 is 28.4 Å². The number of hydrogen-bond acceptors (Lipinski definition) is 6. The molecule has 198 valence electrons. The van der Waals surface area contributed by atoms with Gasteiger partial charge in [-0.2, -0.15) is 0 Å². The first-order valence-electron chi connectivity index (χ1n) is 13.2. The zero-order chi connectivity index (χ0) is 25.7. The van der Waals surface area contributed by atoms with Gasteiger partial charge in [-0.25, -0.2) is 0 Å². The van der Waals surface area contributed by atoms with Gasteiger partial charge in [-0.3, -0.25) is 0 Å². The molecular formula is C30H42O6. The summed E-state index contributed by atoms with van der Waals surface area (Å²) in [5, 5.41) is 0. The summed E-state index contributed by atoms with van der Waals surface area (Å²) in [6, 6.07) is 4.27. The van der Waals surface area contributed by atoms with E-state index in [1.54, 1.807) is 42.7 Å². The van der Waals surface area contributed by atoms with E-state index in [1.165, 1.54) is 60.8 Å². The van der Waals surface area contributed by atoms with Crippen LogP contribution in [-0.2, 0) is 25.7 Å². The fraction of sp³-hybridized carbons (Fsp3) is 0.600. The number of benzene rings is 2. The lowest BCUT2D eigenvalue weighted by Gasteiger charge is -2.15. The highest BCUT2D eigenvalue weighted by Crippen LogP contribution is 2.48. The Hall–Kier alpha value is -2.76. The monoisotopic (exact) mass is 498 g/mol. The fourth-order valence-corrected chi connectivity index (χ4v) is 6.32. The van der Waals surface area contributed by atoms with E-state index in [4.69, 9.17) is 28.4 Å². The third-order valence-corrected chi connectivity index (χ3v) is 8.03. The molecule has 0 aromatic heterocycles. The molecule has 2 aliphatic rings. The SMILES string of the molecule is COc1cc2c(c(OC)c1OC)CC(CCCCCCC1Cc3cc(OC)c(OC)c(OC)c3C1)C2. The van der Waals surface area contributed by atoms with Gasteiger partial charge in [-0.05, 0) is 73.6 Å². The maximum atomic E-state index is 5.71. The molecule has 6 nitrogen and oxygen atoms in total. The summed E-state index contributed by atoms with van der Waals surface area (Å²) < 4.78 is 33.7. The van der Waals surface area contributed by atoms with Crippen LogP contribution >= 0.6 is 0 Å². The van der Waals surface area contributed by atoms with Gasteiger partial charge in [0.25, 0.3) is 0 Å². The Morgan fingerprint density at radius 1 is 0.500 bits per heavy atom. The second kappa shape index (κ2) is 12.0. The van der Waals surface area contributed by atoms with Gasteiger partial charge < -0.3 is 28.4 Å². The van der Waals surface area contributed by atoms with Crippen LogP contribution in [0.25, 0.3) is 0 Å². The molecule has 0 radical (unpaired) electrons. The summed E-state index contributed by atoms with van der Waals surface area (Å²) in [4.78, 5) is 0. The molecule has 2 aromatic carbocycles. The van der Waals surface area contributed by atoms with Gasteiger partial charge in [-0.1, -0.05) is 25.7 Å². The molecule has 0 saturated heterocycles. The maximum absolute atomic E-state index is 5.71. The van der Waals surface area contributed by atoms with Crippen molar-refractivity contribution in [3.05, 3.63) is 34.4 Å². The first kappa shape index (κ1) is 26.3. The van der Waals surface area contributed by atoms with E-state index in [0.29, 0.717) is 23.3 Å². The van der Waals surface area contributed by atoms with Crippen molar-refractivity contribution in [1.29, 1.82) is 0 Å². The minimum Gasteiger partial charge on any atom is -0.493 e. The Kier molecular flexibility index (Phi) is 8.76. The van der Waals surface area contributed by atoms with E-state index in [-0.39, 0.29) is 0 Å². The van der Waals surface area contributed by atoms with E-state index in [9.17, 15) is 0 Å². The van der Waals surface area contributed by atoms with Gasteiger partial charge in [0, 0.05) is 11.1 Å². The van der Waals surface area contributed by atoms with Gasteiger partial charge >= 0.3 is 0 Å². The second-order valence-corrected chi connectivity index (χ2v) is 10.1. The fourth-order valence-electron chi connectivity index (χ4n) is 6.32. The predicted octanol–water partition coefficient (Wildman–Crippen LogP) is 6.21. The average molecular weight is 499 g/mol. The summed E-state index contributed by atoms with van der Waals surface area (Å²) in [6.07, 6.45) is 12.0. The molecule has 0 aliphatic heterocycles. The van der Waals surface area contributed by atoms with Crippen LogP contribution in [0.2, 0.25) is 0 Å². The standard InChI is InChI=1S/C30H42O6/c1-31-25-17-21-13-19(15-23(21)27(33-3)29(25)35-5)11-9-7-8-10-12-20-14-22-18-26(32-2)30(36-6)28(34-4)24(22)16-20/h17-20H,7-16H2,1-6H3. The van der Waals surface area contributed by atoms with Crippen LogP contribution in [0.3, 0.4) is 0 Å². The van der Waals surface area contributed by atoms with Gasteiger partial charge in [0.2, 0.25) is 11.5 Å². The smallest absolute Gasteiger partial charge is 0.203 e. The number of fused-ring (bicyclic) bond motifs is 2. The highest BCUT2D eigenvalue weighted by atomic mass is 16.5. The number of ether oxygens (including phenoxy) is 6. The largest absolute Gasteiger partial charge is 0.493 e. The molecular weight excluding hydrogens is 456 g/mol. The first-order chi connectivity index (χ1) is 17.6. The quantitative estimate of drug-likeness (QED) is 0.306. The van der Waals surface area contributed by atoms with Gasteiger partial charge in [0.1, 0.15) is 0 Å². The van der Waals surface area contributed by atoms with Gasteiger partial charge in [0.15, 0.2) is 23.0 Å². The predicted molar refractivity (Wildman–Crippen MR) is 142 cm³/mol. The average Bonchev–Trinajstić information content (AvgIpc) is 3.50. The molecule has 0 amide bonds. The van der Waals surface area contributed by atoms with Crippen molar-refractivity contribution in [3.8, 4) is 34.5 Å². The zero-order valence-electron chi connectivity index (χ0n) is 22.8. The normalized spacial score (nSPS) is 17.9. The van der Waals surface area contributed by atoms with Gasteiger partial charge in [-0.15, -0.1) is 0 Å². The van der Waals surface area contributed by atoms with Crippen molar-refractivity contribution in [2.75, 3.05) is 42.7 Å². The minimum absolute atomic E-state index is 0.674. The van der Waals surface area contributed by atoms with Crippen LogP contribution in [0.1, 0.15) is 60.8 Å². The zero-order valence-corrected chi connectivity index (χ0v) is 22.8. The summed E-state index contributed by atoms with van der Waals surface area (Å²) in [6.45, 7) is 0. The van der Waals surface area contributed by atoms with Crippen LogP contribution in [0, 0.1) is 11.8 Å². The molecule has 2 aliphatic carbocycles. The van der Waals surface area contributed by atoms with Crippen LogP contribution in [-0.4, -0.2) is 42.7 Å². The number of rotatable bonds is 13. The molecule has 36 heavy (non-hydrogen) atoms. The van der Waals surface area contributed by atoms with Crippen molar-refractivity contribution in [2.45, 2.75) is 64.2 Å². The second-order valence-electron chi connectivity index (χ2n) is 10.1. The minimum atomic E-state index is 0.674. The number of hydrogen-bond donors (Lipinski definition) is 0. The Bertz CT molecular complexity index is 963. The van der Waals surface area contributed by atoms with Crippen LogP contribution in [0.4, 0.5) is 0 Å². The Morgan fingerprint density at radius 3 is 1.22 bits per heavy atom. The van der Waals surface area contributed by atoms with E-state index in [1.807, 2.05) is 0 Å². The molecule has 2 aromatic rings. The van der Waals surface area contributed by atoms with Crippen molar-refractivity contribution in [1.82, 2.24) is 0 Å². The Morgan fingerprint density at radius 2 is 0.889 bits per heavy atom. The van der Waals surface area contributed by atoms with Crippen LogP contribution in [0.15, 0.2) is 12.1 Å². The lowest BCUT2D eigenvalue weighted by molar-refractivity contribution is 0.322. The maximum Gasteiger partial charge on any atom is 0.203 e. The molecule has 0 fully saturated rings. The van der Waals surface area contributed by atoms with Crippen molar-refractivity contribution in [3.63, 3.8) is 0 Å². The van der Waals surface area contributed by atoms with E-state index in [0.717, 1.165) is 48.7 Å². The Labute approximate surface area is 216 Å². The molecule has 2 atom stereocenters. The molecule has 4 rings (SSSR count). The van der Waals surface area contributed by atoms with Crippen molar-refractivity contribution < 1.29 is 28.4 Å². The molecule has 0 saturated carbocycles. The van der Waals surface area contributed by atoms with Gasteiger partial charge in [0.05, 0.1) is 42.7 Å². The summed E-state index contributed by atoms with van der Waals surface area (Å²) >= 11 is 0. The molecule has 6 heteroatoms. The van der Waals surface area contributed by atoms with Crippen molar-refractivity contribution in [2.24, 2.45) is 11.8 Å². The van der Waals surface area contributed by atoms with Crippen molar-refractivity contribution >= 4 is 0 Å². The Balaban J connectivity index is 1.22. The summed E-state index contributed by atoms with van der Waals surface area (Å²) in [5.74, 6) is 5.98. The van der Waals surface area contributed by atoms with E-state index < -0.39 is 0 Å². The number of unbranched alkanes of at least 4 members (excludes halogenated alkanes) is 3. The topological polar surface area (TPSA) is 55.4 Å². The highest BCUT2D eigenvalue weighted by Gasteiger charge is 2.30. The molecule has 0 N–H and O–H groups in total. The summed E-state index contributed by atoms with van der Waals surface area (Å²) in [5.41, 5.74) is 5.28. The van der Waals surface area contributed by atoms with E-state index >= 15 is 0 Å². The third-order valence-electron chi connectivity index (χ3n) is 8.03. The molecule has 0 spiro atoms. The van der Waals surface area contributed by atoms with Crippen LogP contribution in [0.5, 0.6) is 34.5 Å². The number of methoxy groups -OCH3 is 6. The summed E-state index contributed by atoms with van der Waals surface area (Å²) in [7, 11) is 10.2. The molecule has 0 heterocycles. The molecule has 0 bridgehead atoms.